The Morgan fingerprint density at radius 3 is 2.81 bits per heavy atom. The maximum atomic E-state index is 5.92. The summed E-state index contributed by atoms with van der Waals surface area (Å²) in [5.41, 5.74) is 16.6. The van der Waals surface area contributed by atoms with E-state index in [4.69, 9.17) is 11.5 Å². The molecular weight excluding hydrogens is 198 g/mol. The van der Waals surface area contributed by atoms with Gasteiger partial charge in [0.1, 0.15) is 0 Å². The Bertz CT molecular complexity index is 496. The molecule has 3 heteroatoms. The first kappa shape index (κ1) is 10.5. The fourth-order valence-corrected chi connectivity index (χ4v) is 1.72. The van der Waals surface area contributed by atoms with Crippen LogP contribution in [0.4, 0.5) is 5.69 Å². The molecule has 0 atom stereocenters. The van der Waals surface area contributed by atoms with Gasteiger partial charge in [0.25, 0.3) is 0 Å². The van der Waals surface area contributed by atoms with E-state index < -0.39 is 0 Å². The van der Waals surface area contributed by atoms with Gasteiger partial charge < -0.3 is 11.5 Å². The molecule has 0 unspecified atom stereocenters. The van der Waals surface area contributed by atoms with Crippen LogP contribution in [-0.4, -0.2) is 4.98 Å². The minimum Gasteiger partial charge on any atom is -0.402 e. The largest absolute Gasteiger partial charge is 0.402 e. The molecule has 1 aromatic heterocycles. The maximum Gasteiger partial charge on any atom is 0.0580 e. The van der Waals surface area contributed by atoms with E-state index >= 15 is 0 Å². The van der Waals surface area contributed by atoms with Crippen molar-refractivity contribution in [3.63, 3.8) is 0 Å². The van der Waals surface area contributed by atoms with E-state index in [0.717, 1.165) is 23.3 Å². The summed E-state index contributed by atoms with van der Waals surface area (Å²) < 4.78 is 0. The van der Waals surface area contributed by atoms with Gasteiger partial charge in [-0.25, -0.2) is 0 Å². The summed E-state index contributed by atoms with van der Waals surface area (Å²) in [7, 11) is 0. The molecule has 0 bridgehead atoms. The van der Waals surface area contributed by atoms with E-state index in [-0.39, 0.29) is 0 Å². The van der Waals surface area contributed by atoms with Crippen LogP contribution in [0.25, 0.3) is 5.57 Å². The quantitative estimate of drug-likeness (QED) is 0.752. The van der Waals surface area contributed by atoms with Gasteiger partial charge in [0.15, 0.2) is 0 Å². The lowest BCUT2D eigenvalue weighted by Crippen LogP contribution is -1.95. The highest BCUT2D eigenvalue weighted by Gasteiger charge is 2.08. The minimum absolute atomic E-state index is 0.690. The number of nitrogens with two attached hydrogens (primary N) is 2. The molecular formula is C13H15N3. The lowest BCUT2D eigenvalue weighted by molar-refractivity contribution is 1.16. The Hall–Kier alpha value is -2.03. The van der Waals surface area contributed by atoms with Crippen LogP contribution in [0.5, 0.6) is 0 Å². The van der Waals surface area contributed by atoms with Gasteiger partial charge in [-0.2, -0.15) is 0 Å². The van der Waals surface area contributed by atoms with Gasteiger partial charge in [-0.05, 0) is 30.2 Å². The zero-order chi connectivity index (χ0) is 11.5. The van der Waals surface area contributed by atoms with E-state index in [9.17, 15) is 0 Å². The number of nitrogens with zero attached hydrogens (tertiary/aromatic N) is 1. The average Bonchev–Trinajstić information content (AvgIpc) is 2.43. The summed E-state index contributed by atoms with van der Waals surface area (Å²) in [5.74, 6) is 0. The molecule has 82 valence electrons. The lowest BCUT2D eigenvalue weighted by Gasteiger charge is -2.09. The van der Waals surface area contributed by atoms with Crippen LogP contribution in [-0.2, 0) is 0 Å². The van der Waals surface area contributed by atoms with Crippen molar-refractivity contribution in [2.45, 2.75) is 13.3 Å². The van der Waals surface area contributed by atoms with Crippen molar-refractivity contribution < 1.29 is 0 Å². The van der Waals surface area contributed by atoms with Gasteiger partial charge in [-0.1, -0.05) is 12.2 Å². The van der Waals surface area contributed by atoms with Gasteiger partial charge >= 0.3 is 0 Å². The highest BCUT2D eigenvalue weighted by atomic mass is 14.7. The van der Waals surface area contributed by atoms with E-state index in [1.807, 2.05) is 18.2 Å². The van der Waals surface area contributed by atoms with Gasteiger partial charge in [-0.15, -0.1) is 0 Å². The standard InChI is InChI=1S/C13H15N3/c1-9-2-3-10(14)4-5-11(9)12-6-7-16-8-13(12)15/h2,4-8H,3,14-15H2,1H3. The molecule has 0 aliphatic heterocycles. The van der Waals surface area contributed by atoms with Gasteiger partial charge in [0.05, 0.1) is 11.9 Å². The smallest absolute Gasteiger partial charge is 0.0580 e. The van der Waals surface area contributed by atoms with E-state index in [1.165, 1.54) is 5.57 Å². The first-order valence-corrected chi connectivity index (χ1v) is 5.22. The van der Waals surface area contributed by atoms with Crippen molar-refractivity contribution >= 4 is 11.3 Å². The highest BCUT2D eigenvalue weighted by molar-refractivity contribution is 5.85. The fraction of sp³-hybridized carbons (Fsp3) is 0.154. The number of hydrogen-bond donors (Lipinski definition) is 2. The summed E-state index contributed by atoms with van der Waals surface area (Å²) in [5, 5.41) is 0. The number of rotatable bonds is 1. The molecule has 1 heterocycles. The predicted octanol–water partition coefficient (Wildman–Crippen LogP) is 2.24. The number of hydrogen-bond acceptors (Lipinski definition) is 3. The van der Waals surface area contributed by atoms with Gasteiger partial charge in [0.2, 0.25) is 0 Å². The fourth-order valence-electron chi connectivity index (χ4n) is 1.72. The van der Waals surface area contributed by atoms with Crippen molar-refractivity contribution in [3.05, 3.63) is 53.5 Å². The van der Waals surface area contributed by atoms with E-state index in [1.54, 1.807) is 12.4 Å². The third-order valence-corrected chi connectivity index (χ3v) is 2.67. The van der Waals surface area contributed by atoms with Crippen LogP contribution in [0, 0.1) is 0 Å². The maximum absolute atomic E-state index is 5.92. The van der Waals surface area contributed by atoms with Gasteiger partial charge in [-0.3, -0.25) is 4.98 Å². The Morgan fingerprint density at radius 2 is 2.06 bits per heavy atom. The van der Waals surface area contributed by atoms with Crippen LogP contribution in [0.15, 0.2) is 48.0 Å². The Morgan fingerprint density at radius 1 is 1.25 bits per heavy atom. The molecule has 1 aliphatic carbocycles. The number of anilines is 1. The van der Waals surface area contributed by atoms with Crippen LogP contribution < -0.4 is 11.5 Å². The van der Waals surface area contributed by atoms with Crippen molar-refractivity contribution in [1.29, 1.82) is 0 Å². The van der Waals surface area contributed by atoms with E-state index in [0.29, 0.717) is 5.69 Å². The Labute approximate surface area is 95.2 Å². The zero-order valence-electron chi connectivity index (χ0n) is 9.27. The SMILES string of the molecule is CC1=CCC(N)=CC=C1c1ccncc1N. The molecule has 0 radical (unpaired) electrons. The monoisotopic (exact) mass is 213 g/mol. The predicted molar refractivity (Wildman–Crippen MR) is 67.3 cm³/mol. The first-order chi connectivity index (χ1) is 7.68. The summed E-state index contributed by atoms with van der Waals surface area (Å²) in [6, 6.07) is 1.92. The molecule has 0 aromatic carbocycles. The molecule has 1 aromatic rings. The number of allylic oxidation sites excluding steroid dienone is 5. The molecule has 0 fully saturated rings. The van der Waals surface area contributed by atoms with Crippen molar-refractivity contribution in [2.24, 2.45) is 5.73 Å². The molecule has 16 heavy (non-hydrogen) atoms. The molecule has 2 rings (SSSR count). The van der Waals surface area contributed by atoms with Crippen LogP contribution >= 0.6 is 0 Å². The molecule has 4 N–H and O–H groups in total. The number of pyridine rings is 1. The molecule has 0 amide bonds. The third-order valence-electron chi connectivity index (χ3n) is 2.67. The van der Waals surface area contributed by atoms with Gasteiger partial charge in [0, 0.05) is 23.9 Å². The third kappa shape index (κ3) is 1.98. The average molecular weight is 213 g/mol. The summed E-state index contributed by atoms with van der Waals surface area (Å²) in [6.07, 6.45) is 10.3. The van der Waals surface area contributed by atoms with Crippen molar-refractivity contribution in [2.75, 3.05) is 5.73 Å². The Kier molecular flexibility index (Phi) is 2.77. The number of aromatic nitrogens is 1. The molecule has 0 saturated heterocycles. The van der Waals surface area contributed by atoms with Crippen molar-refractivity contribution in [3.8, 4) is 0 Å². The first-order valence-electron chi connectivity index (χ1n) is 5.22. The topological polar surface area (TPSA) is 64.9 Å². The molecule has 0 saturated carbocycles. The van der Waals surface area contributed by atoms with E-state index in [2.05, 4.69) is 18.0 Å². The second-order valence-corrected chi connectivity index (χ2v) is 3.88. The molecule has 0 spiro atoms. The summed E-state index contributed by atoms with van der Waals surface area (Å²) in [4.78, 5) is 3.99. The normalized spacial score (nSPS) is 15.9. The van der Waals surface area contributed by atoms with Crippen LogP contribution in [0.3, 0.4) is 0 Å². The lowest BCUT2D eigenvalue weighted by atomic mass is 9.98. The number of nitrogen functional groups attached to an aromatic ring is 1. The zero-order valence-corrected chi connectivity index (χ0v) is 9.27. The highest BCUT2D eigenvalue weighted by Crippen LogP contribution is 2.29. The molecule has 3 nitrogen and oxygen atoms in total. The van der Waals surface area contributed by atoms with Crippen molar-refractivity contribution in [1.82, 2.24) is 4.98 Å². The Balaban J connectivity index is 2.51. The van der Waals surface area contributed by atoms with Crippen LogP contribution in [0.2, 0.25) is 0 Å². The summed E-state index contributed by atoms with van der Waals surface area (Å²) >= 11 is 0. The summed E-state index contributed by atoms with van der Waals surface area (Å²) in [6.45, 7) is 2.07. The molecule has 1 aliphatic rings. The minimum atomic E-state index is 0.690. The van der Waals surface area contributed by atoms with Crippen LogP contribution in [0.1, 0.15) is 18.9 Å². The second kappa shape index (κ2) is 4.23. The second-order valence-electron chi connectivity index (χ2n) is 3.88.